The molecule has 0 unspecified atom stereocenters. The quantitative estimate of drug-likeness (QED) is 0.462. The van der Waals surface area contributed by atoms with Gasteiger partial charge in [0.25, 0.3) is 11.6 Å². The van der Waals surface area contributed by atoms with E-state index in [2.05, 4.69) is 5.32 Å². The van der Waals surface area contributed by atoms with Gasteiger partial charge in [-0.25, -0.2) is 0 Å². The predicted molar refractivity (Wildman–Crippen MR) is 90.4 cm³/mol. The van der Waals surface area contributed by atoms with Gasteiger partial charge in [-0.05, 0) is 31.2 Å². The number of hydrogen-bond acceptors (Lipinski definition) is 5. The van der Waals surface area contributed by atoms with Gasteiger partial charge in [-0.1, -0.05) is 19.3 Å². The van der Waals surface area contributed by atoms with Crippen LogP contribution in [0.2, 0.25) is 0 Å². The van der Waals surface area contributed by atoms with Gasteiger partial charge in [0, 0.05) is 17.5 Å². The predicted octanol–water partition coefficient (Wildman–Crippen LogP) is 3.08. The van der Waals surface area contributed by atoms with Crippen molar-refractivity contribution < 1.29 is 19.6 Å². The second kappa shape index (κ2) is 7.65. The van der Waals surface area contributed by atoms with Gasteiger partial charge in [0.2, 0.25) is 0 Å². The molecule has 0 atom stereocenters. The van der Waals surface area contributed by atoms with E-state index in [0.29, 0.717) is 12.8 Å². The molecule has 2 N–H and O–H groups in total. The number of thioether (sulfide) groups is 1. The van der Waals surface area contributed by atoms with E-state index in [0.717, 1.165) is 24.2 Å². The number of nitrogens with one attached hydrogen (secondary N) is 1. The third-order valence-corrected chi connectivity index (χ3v) is 5.22. The number of carboxylic acid groups (broad SMARTS) is 1. The summed E-state index contributed by atoms with van der Waals surface area (Å²) in [6.45, 7) is -0.0121. The van der Waals surface area contributed by atoms with E-state index in [-0.39, 0.29) is 17.8 Å². The maximum absolute atomic E-state index is 12.4. The van der Waals surface area contributed by atoms with Gasteiger partial charge in [0.05, 0.1) is 10.3 Å². The SMILES string of the molecule is CSc1ccc([N+](=O)[O-])c(C(=O)NCC2(C(=O)O)CCCCC2)c1. The zero-order valence-electron chi connectivity index (χ0n) is 13.4. The Hall–Kier alpha value is -2.09. The summed E-state index contributed by atoms with van der Waals surface area (Å²) < 4.78 is 0. The molecule has 0 saturated heterocycles. The van der Waals surface area contributed by atoms with E-state index in [1.807, 2.05) is 6.26 Å². The lowest BCUT2D eigenvalue weighted by molar-refractivity contribution is -0.385. The number of benzene rings is 1. The molecule has 0 radical (unpaired) electrons. The van der Waals surface area contributed by atoms with Crippen molar-refractivity contribution in [3.05, 3.63) is 33.9 Å². The molecule has 8 heteroatoms. The minimum atomic E-state index is -0.972. The molecule has 2 rings (SSSR count). The Labute approximate surface area is 144 Å². The molecule has 0 bridgehead atoms. The Balaban J connectivity index is 2.20. The van der Waals surface area contributed by atoms with Crippen molar-refractivity contribution in [2.75, 3.05) is 12.8 Å². The van der Waals surface area contributed by atoms with Gasteiger partial charge in [0.15, 0.2) is 0 Å². The van der Waals surface area contributed by atoms with E-state index in [4.69, 9.17) is 0 Å². The highest BCUT2D eigenvalue weighted by Crippen LogP contribution is 2.36. The molecule has 1 aromatic rings. The zero-order chi connectivity index (χ0) is 17.7. The number of nitro benzene ring substituents is 1. The number of nitrogens with zero attached hydrogens (tertiary/aromatic N) is 1. The maximum Gasteiger partial charge on any atom is 0.311 e. The van der Waals surface area contributed by atoms with Crippen molar-refractivity contribution in [1.29, 1.82) is 0 Å². The first-order chi connectivity index (χ1) is 11.4. The molecule has 1 fully saturated rings. The Kier molecular flexibility index (Phi) is 5.82. The fourth-order valence-electron chi connectivity index (χ4n) is 3.02. The van der Waals surface area contributed by atoms with E-state index in [9.17, 15) is 24.8 Å². The van der Waals surface area contributed by atoms with Crippen LogP contribution in [0.25, 0.3) is 0 Å². The molecule has 1 aliphatic rings. The smallest absolute Gasteiger partial charge is 0.311 e. The average Bonchev–Trinajstić information content (AvgIpc) is 2.59. The van der Waals surface area contributed by atoms with Gasteiger partial charge in [-0.15, -0.1) is 11.8 Å². The van der Waals surface area contributed by atoms with E-state index >= 15 is 0 Å². The molecule has 0 spiro atoms. The largest absolute Gasteiger partial charge is 0.481 e. The summed E-state index contributed by atoms with van der Waals surface area (Å²) in [5.41, 5.74) is -1.29. The lowest BCUT2D eigenvalue weighted by atomic mass is 9.74. The highest BCUT2D eigenvalue weighted by Gasteiger charge is 2.40. The normalized spacial score (nSPS) is 16.4. The summed E-state index contributed by atoms with van der Waals surface area (Å²) in [4.78, 5) is 35.3. The number of nitro groups is 1. The Morgan fingerprint density at radius 2 is 2.00 bits per heavy atom. The highest BCUT2D eigenvalue weighted by atomic mass is 32.2. The lowest BCUT2D eigenvalue weighted by Gasteiger charge is -2.33. The van der Waals surface area contributed by atoms with Crippen LogP contribution >= 0.6 is 11.8 Å². The Bertz CT molecular complexity index is 656. The first kappa shape index (κ1) is 18.3. The number of carbonyl (C=O) groups excluding carboxylic acids is 1. The number of amides is 1. The topological polar surface area (TPSA) is 110 Å². The van der Waals surface area contributed by atoms with Crippen LogP contribution in [-0.2, 0) is 4.79 Å². The summed E-state index contributed by atoms with van der Waals surface area (Å²) in [5.74, 6) is -1.53. The van der Waals surface area contributed by atoms with Gasteiger partial charge in [0.1, 0.15) is 5.56 Å². The van der Waals surface area contributed by atoms with E-state index < -0.39 is 22.2 Å². The van der Waals surface area contributed by atoms with Gasteiger partial charge in [-0.3, -0.25) is 19.7 Å². The summed E-state index contributed by atoms with van der Waals surface area (Å²) in [6.07, 6.45) is 5.44. The molecule has 1 aromatic carbocycles. The Morgan fingerprint density at radius 1 is 1.33 bits per heavy atom. The number of rotatable bonds is 6. The Morgan fingerprint density at radius 3 is 2.54 bits per heavy atom. The van der Waals surface area contributed by atoms with Crippen molar-refractivity contribution in [2.24, 2.45) is 5.41 Å². The van der Waals surface area contributed by atoms with E-state index in [1.165, 1.54) is 23.9 Å². The van der Waals surface area contributed by atoms with Gasteiger partial charge in [-0.2, -0.15) is 0 Å². The monoisotopic (exact) mass is 352 g/mol. The zero-order valence-corrected chi connectivity index (χ0v) is 14.2. The molecule has 1 aliphatic carbocycles. The minimum absolute atomic E-state index is 0.0121. The number of carboxylic acids is 1. The van der Waals surface area contributed by atoms with Crippen LogP contribution in [0, 0.1) is 15.5 Å². The van der Waals surface area contributed by atoms with Crippen molar-refractivity contribution in [3.8, 4) is 0 Å². The number of hydrogen-bond donors (Lipinski definition) is 2. The molecular formula is C16H20N2O5S. The lowest BCUT2D eigenvalue weighted by Crippen LogP contribution is -2.44. The molecule has 0 aliphatic heterocycles. The van der Waals surface area contributed by atoms with Crippen LogP contribution in [0.5, 0.6) is 0 Å². The first-order valence-corrected chi connectivity index (χ1v) is 8.96. The summed E-state index contributed by atoms with van der Waals surface area (Å²) in [6, 6.07) is 4.35. The fraction of sp³-hybridized carbons (Fsp3) is 0.500. The molecule has 0 heterocycles. The second-order valence-corrected chi connectivity index (χ2v) is 6.85. The fourth-order valence-corrected chi connectivity index (χ4v) is 3.46. The molecule has 1 saturated carbocycles. The molecule has 24 heavy (non-hydrogen) atoms. The minimum Gasteiger partial charge on any atom is -0.481 e. The van der Waals surface area contributed by atoms with Crippen LogP contribution < -0.4 is 5.32 Å². The second-order valence-electron chi connectivity index (χ2n) is 5.97. The van der Waals surface area contributed by atoms with Gasteiger partial charge >= 0.3 is 5.97 Å². The highest BCUT2D eigenvalue weighted by molar-refractivity contribution is 7.98. The van der Waals surface area contributed by atoms with Crippen LogP contribution in [0.3, 0.4) is 0 Å². The van der Waals surface area contributed by atoms with Crippen molar-refractivity contribution in [3.63, 3.8) is 0 Å². The molecule has 130 valence electrons. The summed E-state index contributed by atoms with van der Waals surface area (Å²) >= 11 is 1.37. The number of aliphatic carboxylic acids is 1. The molecule has 7 nitrogen and oxygen atoms in total. The summed E-state index contributed by atoms with van der Waals surface area (Å²) in [5, 5.41) is 23.3. The average molecular weight is 352 g/mol. The van der Waals surface area contributed by atoms with E-state index in [1.54, 1.807) is 6.07 Å². The molecule has 1 amide bonds. The maximum atomic E-state index is 12.4. The van der Waals surface area contributed by atoms with Crippen LogP contribution in [0.15, 0.2) is 23.1 Å². The van der Waals surface area contributed by atoms with Crippen LogP contribution in [0.4, 0.5) is 5.69 Å². The first-order valence-electron chi connectivity index (χ1n) is 7.74. The van der Waals surface area contributed by atoms with Crippen molar-refractivity contribution in [2.45, 2.75) is 37.0 Å². The van der Waals surface area contributed by atoms with Crippen molar-refractivity contribution in [1.82, 2.24) is 5.32 Å². The van der Waals surface area contributed by atoms with Crippen molar-refractivity contribution >= 4 is 29.3 Å². The summed E-state index contributed by atoms with van der Waals surface area (Å²) in [7, 11) is 0. The third kappa shape index (κ3) is 3.87. The molecule has 0 aromatic heterocycles. The van der Waals surface area contributed by atoms with Crippen LogP contribution in [-0.4, -0.2) is 34.7 Å². The van der Waals surface area contributed by atoms with Crippen LogP contribution in [0.1, 0.15) is 42.5 Å². The van der Waals surface area contributed by atoms with Gasteiger partial charge < -0.3 is 10.4 Å². The third-order valence-electron chi connectivity index (χ3n) is 4.50. The molecular weight excluding hydrogens is 332 g/mol. The standard InChI is InChI=1S/C16H20N2O5S/c1-24-11-5-6-13(18(22)23)12(9-11)14(19)17-10-16(15(20)21)7-3-2-4-8-16/h5-6,9H,2-4,7-8,10H2,1H3,(H,17,19)(H,20,21). The number of carbonyl (C=O) groups is 2.